The zero-order valence-corrected chi connectivity index (χ0v) is 40.8. The van der Waals surface area contributed by atoms with E-state index in [0.717, 1.165) is 0 Å². The predicted octanol–water partition coefficient (Wildman–Crippen LogP) is -16.3. The summed E-state index contributed by atoms with van der Waals surface area (Å²) in [4.78, 5) is 0. The van der Waals surface area contributed by atoms with Gasteiger partial charge in [0.2, 0.25) is 0 Å². The Bertz CT molecular complexity index is 1810. The average molecular weight is 1150 g/mol. The van der Waals surface area contributed by atoms with Crippen molar-refractivity contribution >= 4 is 0 Å². The molecule has 7 fully saturated rings. The topological polar surface area (TPSA) is 585 Å². The molecule has 36 heteroatoms. The zero-order chi connectivity index (χ0) is 57.3. The van der Waals surface area contributed by atoms with Crippen molar-refractivity contribution in [2.24, 2.45) is 0 Å². The number of hydrogen-bond donors (Lipinski definition) is 23. The van der Waals surface area contributed by atoms with Gasteiger partial charge in [0.05, 0.1) is 46.2 Å². The summed E-state index contributed by atoms with van der Waals surface area (Å²) in [7, 11) is 0. The molecule has 23 N–H and O–H groups in total. The van der Waals surface area contributed by atoms with Crippen LogP contribution in [0.1, 0.15) is 0 Å². The molecule has 7 heterocycles. The van der Waals surface area contributed by atoms with Crippen LogP contribution < -0.4 is 0 Å². The van der Waals surface area contributed by atoms with Crippen LogP contribution in [0.2, 0.25) is 0 Å². The third kappa shape index (κ3) is 13.2. The highest BCUT2D eigenvalue weighted by Crippen LogP contribution is 2.37. The third-order valence-corrected chi connectivity index (χ3v) is 14.5. The number of aliphatic hydroxyl groups excluding tert-OH is 23. The maximum absolute atomic E-state index is 12.0. The van der Waals surface area contributed by atoms with Gasteiger partial charge in [-0.2, -0.15) is 0 Å². The maximum Gasteiger partial charge on any atom is 0.187 e. The molecule has 0 radical (unpaired) electrons. The van der Waals surface area contributed by atoms with E-state index in [2.05, 4.69) is 0 Å². The molecule has 0 aromatic carbocycles. The van der Waals surface area contributed by atoms with Crippen LogP contribution in [0.15, 0.2) is 0 Å². The lowest BCUT2D eigenvalue weighted by atomic mass is 9.95. The first kappa shape index (κ1) is 64.1. The largest absolute Gasteiger partial charge is 0.394 e. The molecule has 0 aromatic heterocycles. The summed E-state index contributed by atoms with van der Waals surface area (Å²) in [5.74, 6) is 0. The van der Waals surface area contributed by atoms with E-state index in [0.29, 0.717) is 0 Å². The molecule has 0 amide bonds. The van der Waals surface area contributed by atoms with Gasteiger partial charge in [-0.05, 0) is 0 Å². The molecule has 1 unspecified atom stereocenters. The lowest BCUT2D eigenvalue weighted by molar-refractivity contribution is -0.399. The second kappa shape index (κ2) is 27.5. The summed E-state index contributed by atoms with van der Waals surface area (Å²) in [6, 6.07) is 0. The van der Waals surface area contributed by atoms with Crippen molar-refractivity contribution in [3.05, 3.63) is 0 Å². The number of hydrogen-bond acceptors (Lipinski definition) is 36. The van der Waals surface area contributed by atoms with Crippen LogP contribution in [0.4, 0.5) is 0 Å². The molecule has 0 aromatic rings. The van der Waals surface area contributed by atoms with E-state index in [1.807, 2.05) is 0 Å². The maximum atomic E-state index is 12.0. The summed E-state index contributed by atoms with van der Waals surface area (Å²) in [5, 5.41) is 245. The molecule has 36 nitrogen and oxygen atoms in total. The molecule has 7 aliphatic rings. The minimum absolute atomic E-state index is 0.897. The summed E-state index contributed by atoms with van der Waals surface area (Å²) in [5.41, 5.74) is 0. The Balaban J connectivity index is 1.19. The fourth-order valence-corrected chi connectivity index (χ4v) is 9.77. The third-order valence-electron chi connectivity index (χ3n) is 14.5. The second-order valence-electron chi connectivity index (χ2n) is 19.6. The van der Waals surface area contributed by atoms with Crippen molar-refractivity contribution < 1.29 is 179 Å². The van der Waals surface area contributed by atoms with Gasteiger partial charge in [0.25, 0.3) is 0 Å². The van der Waals surface area contributed by atoms with Gasteiger partial charge >= 0.3 is 0 Å². The van der Waals surface area contributed by atoms with Gasteiger partial charge in [0, 0.05) is 0 Å². The van der Waals surface area contributed by atoms with Crippen molar-refractivity contribution in [2.45, 2.75) is 215 Å². The van der Waals surface area contributed by atoms with Crippen LogP contribution in [0.5, 0.6) is 0 Å². The van der Waals surface area contributed by atoms with Crippen molar-refractivity contribution in [2.75, 3.05) is 46.2 Å². The van der Waals surface area contributed by atoms with Crippen LogP contribution >= 0.6 is 0 Å². The minimum atomic E-state index is -2.44. The van der Waals surface area contributed by atoms with E-state index >= 15 is 0 Å². The van der Waals surface area contributed by atoms with E-state index < -0.39 is 261 Å². The summed E-state index contributed by atoms with van der Waals surface area (Å²) >= 11 is 0. The highest BCUT2D eigenvalue weighted by molar-refractivity contribution is 5.00. The fraction of sp³-hybridized carbons (Fsp3) is 1.00. The van der Waals surface area contributed by atoms with Gasteiger partial charge in [0.15, 0.2) is 44.0 Å². The van der Waals surface area contributed by atoms with Gasteiger partial charge in [-0.25, -0.2) is 0 Å². The first-order valence-electron chi connectivity index (χ1n) is 24.7. The quantitative estimate of drug-likeness (QED) is 0.0571. The monoisotopic (exact) mass is 1150 g/mol. The number of rotatable bonds is 19. The predicted molar refractivity (Wildman–Crippen MR) is 232 cm³/mol. The number of aliphatic hydroxyl groups is 23. The Morgan fingerprint density at radius 3 is 0.769 bits per heavy atom. The molecule has 0 spiro atoms. The molecule has 35 atom stereocenters. The van der Waals surface area contributed by atoms with E-state index in [1.165, 1.54) is 0 Å². The van der Waals surface area contributed by atoms with Crippen molar-refractivity contribution in [1.82, 2.24) is 0 Å². The molecule has 0 saturated carbocycles. The van der Waals surface area contributed by atoms with Gasteiger partial charge in [-0.15, -0.1) is 0 Å². The molecule has 7 rings (SSSR count). The second-order valence-corrected chi connectivity index (χ2v) is 19.6. The molecule has 0 bridgehead atoms. The number of ether oxygens (including phenoxy) is 13. The standard InChI is InChI=1S/C42H72O36/c43-1-8-15(48)22(55)25(58)37(69-8)66-6-13-21(54)35(30(63)41(73-13)75-32-18(51)11(4-46)68-36(65)28(32)61)78-42-31(64)34(20(53)14(74-42)7-67-38-26(59)23(56)16(49)9(2-44)70-38)77-40-29(62)33(19(52)12(5-47)72-40)76-39-27(60)24(57)17(50)10(3-45)71-39/h8-65H,1-7H2/t8-,9-,10-,11-,12-,13-,14-,15-,16-,17-,18-,19-,20-,21-,22+,23+,24+,25-,26-,27-,28-,29-,30-,31-,32+,33+,34+,35+,36?,37-,38-,39+,40+,41+,42+/m1/s1. The molecule has 0 aliphatic carbocycles. The van der Waals surface area contributed by atoms with E-state index in [-0.39, 0.29) is 0 Å². The van der Waals surface area contributed by atoms with Crippen molar-refractivity contribution in [3.8, 4) is 0 Å². The van der Waals surface area contributed by atoms with Gasteiger partial charge in [-0.1, -0.05) is 0 Å². The van der Waals surface area contributed by atoms with Crippen LogP contribution in [-0.2, 0) is 61.6 Å². The van der Waals surface area contributed by atoms with Crippen LogP contribution in [-0.4, -0.2) is 379 Å². The molecule has 7 aliphatic heterocycles. The van der Waals surface area contributed by atoms with Crippen LogP contribution in [0.25, 0.3) is 0 Å². The van der Waals surface area contributed by atoms with Crippen molar-refractivity contribution in [3.63, 3.8) is 0 Å². The molecule has 7 saturated heterocycles. The summed E-state index contributed by atoms with van der Waals surface area (Å²) < 4.78 is 72.6. The Morgan fingerprint density at radius 1 is 0.218 bits per heavy atom. The Kier molecular flexibility index (Phi) is 22.6. The van der Waals surface area contributed by atoms with Gasteiger partial charge in [-0.3, -0.25) is 0 Å². The van der Waals surface area contributed by atoms with Crippen LogP contribution in [0, 0.1) is 0 Å². The normalized spacial score (nSPS) is 53.5. The lowest BCUT2D eigenvalue weighted by Gasteiger charge is -2.50. The molecule has 78 heavy (non-hydrogen) atoms. The zero-order valence-electron chi connectivity index (χ0n) is 40.8. The molecular weight excluding hydrogens is 1080 g/mol. The summed E-state index contributed by atoms with van der Waals surface area (Å²) in [6.45, 7) is -6.74. The SMILES string of the molecule is OC[C@H]1O[C@@H](OC[C@H]2O[C@@H](O[C@@H]3[C@@H](O)[C@H](O[C@H]4[C@H](O)[C@@H](CO)OC(O)[C@@H]4O)O[C@H](CO[C@@H]4O[C@H](CO)[C@@H](O)[C@H](O)[C@H]4O)[C@H]3O)[C@H](O)[C@@H](O[C@@H]3O[C@H](CO)[C@@H](O)[C@H](O[C@@H]4O[C@H](CO)[C@@H](O)[C@H](O)[C@H]4O)[C@H]3O)[C@@H]2O)[C@H](O)[C@@H](O)[C@@H]1O. The van der Waals surface area contributed by atoms with E-state index in [9.17, 15) is 117 Å². The highest BCUT2D eigenvalue weighted by Gasteiger charge is 2.58. The van der Waals surface area contributed by atoms with E-state index in [1.54, 1.807) is 0 Å². The molecular formula is C42H72O36. The van der Waals surface area contributed by atoms with Crippen molar-refractivity contribution in [1.29, 1.82) is 0 Å². The Hall–Kier alpha value is -1.44. The first-order chi connectivity index (χ1) is 36.9. The smallest absolute Gasteiger partial charge is 0.187 e. The Morgan fingerprint density at radius 2 is 0.449 bits per heavy atom. The van der Waals surface area contributed by atoms with Gasteiger partial charge < -0.3 is 179 Å². The van der Waals surface area contributed by atoms with Gasteiger partial charge in [0.1, 0.15) is 171 Å². The highest BCUT2D eigenvalue weighted by atomic mass is 16.8. The first-order valence-corrected chi connectivity index (χ1v) is 24.7. The Labute approximate surface area is 439 Å². The lowest BCUT2D eigenvalue weighted by Crippen LogP contribution is -2.68. The molecule has 456 valence electrons. The van der Waals surface area contributed by atoms with Crippen LogP contribution in [0.3, 0.4) is 0 Å². The minimum Gasteiger partial charge on any atom is -0.394 e. The van der Waals surface area contributed by atoms with E-state index in [4.69, 9.17) is 61.6 Å². The summed E-state index contributed by atoms with van der Waals surface area (Å²) in [6.07, 6.45) is -70.7. The fourth-order valence-electron chi connectivity index (χ4n) is 9.77. The average Bonchev–Trinajstić information content (AvgIpc) is 3.52.